The van der Waals surface area contributed by atoms with E-state index in [0.717, 1.165) is 57.0 Å². The Morgan fingerprint density at radius 3 is 3.14 bits per heavy atom. The molecule has 21 heavy (non-hydrogen) atoms. The number of nitrogens with zero attached hydrogens (tertiary/aromatic N) is 2. The van der Waals surface area contributed by atoms with Crippen LogP contribution in [0.25, 0.3) is 0 Å². The Kier molecular flexibility index (Phi) is 4.55. The summed E-state index contributed by atoms with van der Waals surface area (Å²) in [5.74, 6) is 1.44. The van der Waals surface area contributed by atoms with Gasteiger partial charge in [0.25, 0.3) is 0 Å². The van der Waals surface area contributed by atoms with E-state index in [9.17, 15) is 4.79 Å². The van der Waals surface area contributed by atoms with Gasteiger partial charge in [-0.15, -0.1) is 0 Å². The van der Waals surface area contributed by atoms with Crippen LogP contribution in [0, 0.1) is 12.8 Å². The second kappa shape index (κ2) is 6.58. The third-order valence-electron chi connectivity index (χ3n) is 4.30. The number of aromatic nitrogens is 1. The Hall–Kier alpha value is -1.40. The van der Waals surface area contributed by atoms with Gasteiger partial charge in [-0.05, 0) is 32.7 Å². The molecule has 2 saturated heterocycles. The van der Waals surface area contributed by atoms with E-state index in [-0.39, 0.29) is 11.9 Å². The van der Waals surface area contributed by atoms with Crippen molar-refractivity contribution in [2.75, 3.05) is 32.8 Å². The number of aryl methyl sites for hydroxylation is 1. The first-order valence-corrected chi connectivity index (χ1v) is 7.74. The van der Waals surface area contributed by atoms with Crippen molar-refractivity contribution < 1.29 is 14.1 Å². The van der Waals surface area contributed by atoms with Gasteiger partial charge in [0.1, 0.15) is 0 Å². The van der Waals surface area contributed by atoms with Gasteiger partial charge in [-0.1, -0.05) is 5.16 Å². The quantitative estimate of drug-likeness (QED) is 0.885. The van der Waals surface area contributed by atoms with Crippen molar-refractivity contribution in [3.05, 3.63) is 17.5 Å². The topological polar surface area (TPSA) is 67.6 Å². The number of nitrogens with one attached hydrogen (secondary N) is 1. The van der Waals surface area contributed by atoms with E-state index in [1.54, 1.807) is 0 Å². The SMILES string of the molecule is Cc1cc(C2CCCN2CC(=O)NCC2CCOC2)on1. The highest BCUT2D eigenvalue weighted by Gasteiger charge is 2.30. The molecule has 0 aliphatic carbocycles. The van der Waals surface area contributed by atoms with Crippen LogP contribution in [0.3, 0.4) is 0 Å². The number of hydrogen-bond acceptors (Lipinski definition) is 5. The molecule has 0 bridgehead atoms. The molecule has 6 nitrogen and oxygen atoms in total. The number of ether oxygens (including phenoxy) is 1. The molecule has 1 aromatic heterocycles. The lowest BCUT2D eigenvalue weighted by atomic mass is 10.1. The average molecular weight is 293 g/mol. The predicted octanol–water partition coefficient (Wildman–Crippen LogP) is 1.27. The van der Waals surface area contributed by atoms with Gasteiger partial charge in [-0.2, -0.15) is 0 Å². The smallest absolute Gasteiger partial charge is 0.234 e. The maximum absolute atomic E-state index is 12.1. The van der Waals surface area contributed by atoms with Crippen LogP contribution in [0.15, 0.2) is 10.6 Å². The Bertz CT molecular complexity index is 482. The second-order valence-corrected chi connectivity index (χ2v) is 6.03. The van der Waals surface area contributed by atoms with Crippen molar-refractivity contribution in [1.29, 1.82) is 0 Å². The molecular weight excluding hydrogens is 270 g/mol. The monoisotopic (exact) mass is 293 g/mol. The Morgan fingerprint density at radius 1 is 1.52 bits per heavy atom. The molecular formula is C15H23N3O3. The minimum Gasteiger partial charge on any atom is -0.381 e. The zero-order chi connectivity index (χ0) is 14.7. The van der Waals surface area contributed by atoms with Gasteiger partial charge in [0.15, 0.2) is 5.76 Å². The van der Waals surface area contributed by atoms with Gasteiger partial charge in [-0.25, -0.2) is 0 Å². The Morgan fingerprint density at radius 2 is 2.43 bits per heavy atom. The van der Waals surface area contributed by atoms with Crippen molar-refractivity contribution in [2.24, 2.45) is 5.92 Å². The lowest BCUT2D eigenvalue weighted by Gasteiger charge is -2.22. The lowest BCUT2D eigenvalue weighted by Crippen LogP contribution is -2.39. The van der Waals surface area contributed by atoms with Crippen LogP contribution < -0.4 is 5.32 Å². The van der Waals surface area contributed by atoms with Crippen LogP contribution >= 0.6 is 0 Å². The van der Waals surface area contributed by atoms with E-state index in [1.165, 1.54) is 0 Å². The van der Waals surface area contributed by atoms with Crippen LogP contribution in [-0.4, -0.2) is 48.8 Å². The van der Waals surface area contributed by atoms with Crippen LogP contribution in [-0.2, 0) is 9.53 Å². The summed E-state index contributed by atoms with van der Waals surface area (Å²) in [6.07, 6.45) is 3.16. The van der Waals surface area contributed by atoms with E-state index < -0.39 is 0 Å². The summed E-state index contributed by atoms with van der Waals surface area (Å²) in [6, 6.07) is 2.16. The van der Waals surface area contributed by atoms with Gasteiger partial charge in [0.2, 0.25) is 5.91 Å². The standard InChI is InChI=1S/C15H23N3O3/c1-11-7-14(21-17-11)13-3-2-5-18(13)9-15(19)16-8-12-4-6-20-10-12/h7,12-13H,2-6,8-10H2,1H3,(H,16,19). The fraction of sp³-hybridized carbons (Fsp3) is 0.733. The lowest BCUT2D eigenvalue weighted by molar-refractivity contribution is -0.122. The molecule has 2 atom stereocenters. The molecule has 1 aromatic rings. The fourth-order valence-electron chi connectivity index (χ4n) is 3.12. The maximum atomic E-state index is 12.1. The summed E-state index contributed by atoms with van der Waals surface area (Å²) in [7, 11) is 0. The van der Waals surface area contributed by atoms with Gasteiger partial charge in [0.05, 0.1) is 24.9 Å². The number of rotatable bonds is 5. The number of carbonyl (C=O) groups is 1. The van der Waals surface area contributed by atoms with Crippen LogP contribution in [0.2, 0.25) is 0 Å². The molecule has 1 amide bonds. The van der Waals surface area contributed by atoms with Crippen molar-refractivity contribution in [1.82, 2.24) is 15.4 Å². The zero-order valence-electron chi connectivity index (χ0n) is 12.5. The minimum absolute atomic E-state index is 0.0880. The molecule has 6 heteroatoms. The van der Waals surface area contributed by atoms with E-state index in [2.05, 4.69) is 15.4 Å². The Balaban J connectivity index is 1.49. The molecule has 0 aromatic carbocycles. The summed E-state index contributed by atoms with van der Waals surface area (Å²) >= 11 is 0. The third kappa shape index (κ3) is 3.63. The van der Waals surface area contributed by atoms with Crippen molar-refractivity contribution in [3.63, 3.8) is 0 Å². The van der Waals surface area contributed by atoms with Crippen LogP contribution in [0.4, 0.5) is 0 Å². The Labute approximate surface area is 124 Å². The number of likely N-dealkylation sites (tertiary alicyclic amines) is 1. The van der Waals surface area contributed by atoms with Gasteiger partial charge in [-0.3, -0.25) is 9.69 Å². The molecule has 2 fully saturated rings. The number of hydrogen-bond donors (Lipinski definition) is 1. The summed E-state index contributed by atoms with van der Waals surface area (Å²) in [5.41, 5.74) is 0.891. The first kappa shape index (κ1) is 14.5. The minimum atomic E-state index is 0.0880. The van der Waals surface area contributed by atoms with Gasteiger partial charge in [0, 0.05) is 25.1 Å². The predicted molar refractivity (Wildman–Crippen MR) is 76.7 cm³/mol. The second-order valence-electron chi connectivity index (χ2n) is 6.03. The molecule has 2 aliphatic rings. The largest absolute Gasteiger partial charge is 0.381 e. The average Bonchev–Trinajstić information content (AvgIpc) is 3.17. The molecule has 3 heterocycles. The van der Waals surface area contributed by atoms with Crippen LogP contribution in [0.5, 0.6) is 0 Å². The molecule has 0 spiro atoms. The normalized spacial score (nSPS) is 26.3. The fourth-order valence-corrected chi connectivity index (χ4v) is 3.12. The molecule has 3 rings (SSSR count). The zero-order valence-corrected chi connectivity index (χ0v) is 12.5. The van der Waals surface area contributed by atoms with Crippen molar-refractivity contribution in [2.45, 2.75) is 32.2 Å². The molecule has 1 N–H and O–H groups in total. The highest BCUT2D eigenvalue weighted by atomic mass is 16.5. The molecule has 2 unspecified atom stereocenters. The van der Waals surface area contributed by atoms with E-state index in [0.29, 0.717) is 12.5 Å². The highest BCUT2D eigenvalue weighted by Crippen LogP contribution is 2.31. The van der Waals surface area contributed by atoms with Crippen LogP contribution in [0.1, 0.15) is 36.8 Å². The summed E-state index contributed by atoms with van der Waals surface area (Å²) in [6.45, 7) is 5.59. The van der Waals surface area contributed by atoms with Gasteiger partial charge < -0.3 is 14.6 Å². The highest BCUT2D eigenvalue weighted by molar-refractivity contribution is 5.78. The molecule has 0 saturated carbocycles. The van der Waals surface area contributed by atoms with Crippen molar-refractivity contribution >= 4 is 5.91 Å². The molecule has 2 aliphatic heterocycles. The molecule has 116 valence electrons. The summed E-state index contributed by atoms with van der Waals surface area (Å²) in [4.78, 5) is 14.3. The van der Waals surface area contributed by atoms with Crippen molar-refractivity contribution in [3.8, 4) is 0 Å². The molecule has 0 radical (unpaired) electrons. The number of amides is 1. The first-order valence-electron chi connectivity index (χ1n) is 7.74. The first-order chi connectivity index (χ1) is 10.2. The number of carbonyl (C=O) groups excluding carboxylic acids is 1. The maximum Gasteiger partial charge on any atom is 0.234 e. The van der Waals surface area contributed by atoms with E-state index >= 15 is 0 Å². The van der Waals surface area contributed by atoms with Gasteiger partial charge >= 0.3 is 0 Å². The third-order valence-corrected chi connectivity index (χ3v) is 4.30. The van der Waals surface area contributed by atoms with E-state index in [1.807, 2.05) is 13.0 Å². The summed E-state index contributed by atoms with van der Waals surface area (Å²) in [5, 5.41) is 6.97. The van der Waals surface area contributed by atoms with E-state index in [4.69, 9.17) is 9.26 Å². The summed E-state index contributed by atoms with van der Waals surface area (Å²) < 4.78 is 10.7.